The molecule has 4 heteroatoms. The molecule has 0 aromatic carbocycles. The van der Waals surface area contributed by atoms with Crippen LogP contribution in [0.3, 0.4) is 0 Å². The van der Waals surface area contributed by atoms with Gasteiger partial charge in [0.25, 0.3) is 0 Å². The Labute approximate surface area is 85.7 Å². The summed E-state index contributed by atoms with van der Waals surface area (Å²) in [7, 11) is 1.94. The monoisotopic (exact) mass is 196 g/mol. The summed E-state index contributed by atoms with van der Waals surface area (Å²) in [5.41, 5.74) is 6.76. The van der Waals surface area contributed by atoms with Gasteiger partial charge in [0, 0.05) is 25.4 Å². The van der Waals surface area contributed by atoms with Crippen molar-refractivity contribution in [1.29, 1.82) is 0 Å². The van der Waals surface area contributed by atoms with E-state index in [2.05, 4.69) is 23.1 Å². The lowest BCUT2D eigenvalue weighted by Crippen LogP contribution is -2.25. The minimum absolute atomic E-state index is 0.767. The molecule has 0 unspecified atom stereocenters. The molecule has 0 radical (unpaired) electrons. The summed E-state index contributed by atoms with van der Waals surface area (Å²) in [5.74, 6) is 0. The van der Waals surface area contributed by atoms with Gasteiger partial charge >= 0.3 is 0 Å². The van der Waals surface area contributed by atoms with Gasteiger partial charge in [-0.1, -0.05) is 6.92 Å². The van der Waals surface area contributed by atoms with Crippen molar-refractivity contribution in [3.8, 4) is 0 Å². The standard InChI is InChI=1S/C10H20N4/c1-3-14(6-4-5-11)9-10-7-12-13(2)8-10/h7-8H,3-6,9,11H2,1-2H3. The molecule has 0 atom stereocenters. The molecule has 0 spiro atoms. The smallest absolute Gasteiger partial charge is 0.0534 e. The molecule has 0 bridgehead atoms. The Balaban J connectivity index is 2.40. The molecule has 0 saturated heterocycles. The molecular weight excluding hydrogens is 176 g/mol. The van der Waals surface area contributed by atoms with Crippen LogP contribution >= 0.6 is 0 Å². The molecular formula is C10H20N4. The van der Waals surface area contributed by atoms with Gasteiger partial charge in [-0.05, 0) is 26.1 Å². The van der Waals surface area contributed by atoms with E-state index >= 15 is 0 Å². The summed E-state index contributed by atoms with van der Waals surface area (Å²) in [5, 5.41) is 4.15. The average molecular weight is 196 g/mol. The second-order valence-corrected chi connectivity index (χ2v) is 3.53. The molecule has 0 saturated carbocycles. The number of aromatic nitrogens is 2. The molecule has 0 amide bonds. The van der Waals surface area contributed by atoms with Crippen LogP contribution in [0.2, 0.25) is 0 Å². The van der Waals surface area contributed by atoms with Crippen LogP contribution < -0.4 is 5.73 Å². The first-order valence-electron chi connectivity index (χ1n) is 5.16. The lowest BCUT2D eigenvalue weighted by atomic mass is 10.3. The molecule has 1 aromatic rings. The van der Waals surface area contributed by atoms with Crippen molar-refractivity contribution < 1.29 is 0 Å². The summed E-state index contributed by atoms with van der Waals surface area (Å²) in [6.45, 7) is 6.05. The first kappa shape index (κ1) is 11.2. The summed E-state index contributed by atoms with van der Waals surface area (Å²) in [6.07, 6.45) is 5.05. The zero-order chi connectivity index (χ0) is 10.4. The van der Waals surface area contributed by atoms with Gasteiger partial charge in [0.1, 0.15) is 0 Å². The third-order valence-corrected chi connectivity index (χ3v) is 2.29. The van der Waals surface area contributed by atoms with E-state index in [1.54, 1.807) is 0 Å². The molecule has 2 N–H and O–H groups in total. The van der Waals surface area contributed by atoms with Crippen LogP contribution in [0.4, 0.5) is 0 Å². The predicted octanol–water partition coefficient (Wildman–Crippen LogP) is 0.591. The van der Waals surface area contributed by atoms with Gasteiger partial charge in [-0.2, -0.15) is 5.10 Å². The fourth-order valence-electron chi connectivity index (χ4n) is 1.48. The maximum Gasteiger partial charge on any atom is 0.0534 e. The molecule has 1 aromatic heterocycles. The molecule has 0 aliphatic rings. The normalized spacial score (nSPS) is 11.1. The number of hydrogen-bond acceptors (Lipinski definition) is 3. The summed E-state index contributed by atoms with van der Waals surface area (Å²) < 4.78 is 1.84. The van der Waals surface area contributed by atoms with Crippen molar-refractivity contribution in [3.63, 3.8) is 0 Å². The van der Waals surface area contributed by atoms with Crippen molar-refractivity contribution in [2.75, 3.05) is 19.6 Å². The molecule has 1 rings (SSSR count). The van der Waals surface area contributed by atoms with Gasteiger partial charge in [-0.15, -0.1) is 0 Å². The van der Waals surface area contributed by atoms with E-state index < -0.39 is 0 Å². The highest BCUT2D eigenvalue weighted by Gasteiger charge is 2.03. The van der Waals surface area contributed by atoms with Crippen molar-refractivity contribution in [2.24, 2.45) is 12.8 Å². The maximum absolute atomic E-state index is 5.49. The Kier molecular flexibility index (Phi) is 4.62. The van der Waals surface area contributed by atoms with E-state index in [1.165, 1.54) is 5.56 Å². The van der Waals surface area contributed by atoms with Gasteiger partial charge < -0.3 is 5.73 Å². The zero-order valence-corrected chi connectivity index (χ0v) is 9.11. The van der Waals surface area contributed by atoms with Crippen LogP contribution in [0.25, 0.3) is 0 Å². The fourth-order valence-corrected chi connectivity index (χ4v) is 1.48. The second-order valence-electron chi connectivity index (χ2n) is 3.53. The van der Waals surface area contributed by atoms with Crippen molar-refractivity contribution in [1.82, 2.24) is 14.7 Å². The lowest BCUT2D eigenvalue weighted by Gasteiger charge is -2.18. The Hall–Kier alpha value is -0.870. The minimum Gasteiger partial charge on any atom is -0.330 e. The number of nitrogens with zero attached hydrogens (tertiary/aromatic N) is 3. The summed E-state index contributed by atoms with van der Waals surface area (Å²) >= 11 is 0. The number of aryl methyl sites for hydroxylation is 1. The van der Waals surface area contributed by atoms with E-state index in [-0.39, 0.29) is 0 Å². The van der Waals surface area contributed by atoms with Crippen LogP contribution in [0.15, 0.2) is 12.4 Å². The molecule has 4 nitrogen and oxygen atoms in total. The highest BCUT2D eigenvalue weighted by molar-refractivity contribution is 5.03. The molecule has 0 fully saturated rings. The van der Waals surface area contributed by atoms with E-state index in [9.17, 15) is 0 Å². The van der Waals surface area contributed by atoms with E-state index in [1.807, 2.05) is 17.9 Å². The van der Waals surface area contributed by atoms with Crippen LogP contribution in [-0.2, 0) is 13.6 Å². The molecule has 14 heavy (non-hydrogen) atoms. The predicted molar refractivity (Wildman–Crippen MR) is 57.8 cm³/mol. The molecule has 0 aliphatic carbocycles. The SMILES string of the molecule is CCN(CCCN)Cc1cnn(C)c1. The Morgan fingerprint density at radius 1 is 1.57 bits per heavy atom. The zero-order valence-electron chi connectivity index (χ0n) is 9.11. The molecule has 0 aliphatic heterocycles. The molecule has 1 heterocycles. The second kappa shape index (κ2) is 5.78. The number of rotatable bonds is 6. The number of nitrogens with two attached hydrogens (primary N) is 1. The van der Waals surface area contributed by atoms with Crippen molar-refractivity contribution in [2.45, 2.75) is 19.9 Å². The van der Waals surface area contributed by atoms with Crippen LogP contribution in [-0.4, -0.2) is 34.3 Å². The van der Waals surface area contributed by atoms with Gasteiger partial charge in [0.15, 0.2) is 0 Å². The van der Waals surface area contributed by atoms with Crippen LogP contribution in [0.1, 0.15) is 18.9 Å². The van der Waals surface area contributed by atoms with Gasteiger partial charge in [-0.3, -0.25) is 9.58 Å². The first-order chi connectivity index (χ1) is 6.76. The highest BCUT2D eigenvalue weighted by atomic mass is 15.2. The van der Waals surface area contributed by atoms with Gasteiger partial charge in [0.2, 0.25) is 0 Å². The van der Waals surface area contributed by atoms with E-state index in [4.69, 9.17) is 5.73 Å². The molecule has 80 valence electrons. The lowest BCUT2D eigenvalue weighted by molar-refractivity contribution is 0.278. The third-order valence-electron chi connectivity index (χ3n) is 2.29. The summed E-state index contributed by atoms with van der Waals surface area (Å²) in [6, 6.07) is 0. The fraction of sp³-hybridized carbons (Fsp3) is 0.700. The Bertz CT molecular complexity index is 256. The van der Waals surface area contributed by atoms with Gasteiger partial charge in [0.05, 0.1) is 6.20 Å². The highest BCUT2D eigenvalue weighted by Crippen LogP contribution is 2.03. The largest absolute Gasteiger partial charge is 0.330 e. The average Bonchev–Trinajstić information content (AvgIpc) is 2.58. The Morgan fingerprint density at radius 2 is 2.36 bits per heavy atom. The summed E-state index contributed by atoms with van der Waals surface area (Å²) in [4.78, 5) is 2.38. The minimum atomic E-state index is 0.767. The van der Waals surface area contributed by atoms with Crippen molar-refractivity contribution >= 4 is 0 Å². The first-order valence-corrected chi connectivity index (χ1v) is 5.16. The van der Waals surface area contributed by atoms with E-state index in [0.717, 1.165) is 32.6 Å². The van der Waals surface area contributed by atoms with Crippen LogP contribution in [0, 0.1) is 0 Å². The maximum atomic E-state index is 5.49. The number of hydrogen-bond donors (Lipinski definition) is 1. The van der Waals surface area contributed by atoms with E-state index in [0.29, 0.717) is 0 Å². The third kappa shape index (κ3) is 3.47. The van der Waals surface area contributed by atoms with Gasteiger partial charge in [-0.25, -0.2) is 0 Å². The van der Waals surface area contributed by atoms with Crippen LogP contribution in [0.5, 0.6) is 0 Å². The quantitative estimate of drug-likeness (QED) is 0.724. The topological polar surface area (TPSA) is 47.1 Å². The van der Waals surface area contributed by atoms with Crippen molar-refractivity contribution in [3.05, 3.63) is 18.0 Å². The Morgan fingerprint density at radius 3 is 2.86 bits per heavy atom.